The van der Waals surface area contributed by atoms with E-state index in [-0.39, 0.29) is 29.0 Å². The van der Waals surface area contributed by atoms with Gasteiger partial charge in [0.25, 0.3) is 0 Å². The zero-order valence-corrected chi connectivity index (χ0v) is 14.0. The van der Waals surface area contributed by atoms with E-state index >= 15 is 0 Å². The van der Waals surface area contributed by atoms with E-state index in [1.54, 1.807) is 19.1 Å². The number of ether oxygens (including phenoxy) is 1. The molecule has 0 saturated carbocycles. The van der Waals surface area contributed by atoms with Gasteiger partial charge in [-0.25, -0.2) is 14.8 Å². The van der Waals surface area contributed by atoms with Crippen LogP contribution in [-0.4, -0.2) is 22.5 Å². The van der Waals surface area contributed by atoms with Crippen LogP contribution in [0.1, 0.15) is 28.5 Å². The third-order valence-corrected chi connectivity index (χ3v) is 3.75. The van der Waals surface area contributed by atoms with Crippen LogP contribution in [0, 0.1) is 11.3 Å². The second-order valence-electron chi connectivity index (χ2n) is 5.53. The normalized spacial score (nSPS) is 11.2. The number of carbonyl (C=O) groups is 1. The zero-order valence-electron chi connectivity index (χ0n) is 14.0. The molecule has 3 rings (SSSR count). The molecule has 3 aromatic rings. The number of halogens is 3. The Morgan fingerprint density at radius 2 is 1.81 bits per heavy atom. The molecule has 0 saturated heterocycles. The second kappa shape index (κ2) is 7.03. The first-order valence-electron chi connectivity index (χ1n) is 7.90. The summed E-state index contributed by atoms with van der Waals surface area (Å²) in [5.41, 5.74) is 0.0895. The van der Waals surface area contributed by atoms with Gasteiger partial charge in [0.15, 0.2) is 5.69 Å². The molecule has 0 N–H and O–H groups in total. The molecule has 1 aromatic heterocycles. The van der Waals surface area contributed by atoms with Gasteiger partial charge >= 0.3 is 12.1 Å². The Morgan fingerprint density at radius 1 is 1.11 bits per heavy atom. The van der Waals surface area contributed by atoms with E-state index in [0.29, 0.717) is 11.1 Å². The number of hydrogen-bond donors (Lipinski definition) is 0. The molecule has 0 aliphatic heterocycles. The molecule has 0 spiro atoms. The van der Waals surface area contributed by atoms with E-state index in [1.807, 2.05) is 6.07 Å². The fourth-order valence-corrected chi connectivity index (χ4v) is 2.48. The van der Waals surface area contributed by atoms with Gasteiger partial charge in [0.2, 0.25) is 0 Å². The zero-order chi connectivity index (χ0) is 19.6. The highest BCUT2D eigenvalue weighted by molar-refractivity contribution is 5.96. The van der Waals surface area contributed by atoms with Crippen LogP contribution < -0.4 is 0 Å². The molecule has 27 heavy (non-hydrogen) atoms. The van der Waals surface area contributed by atoms with Crippen LogP contribution in [0.25, 0.3) is 22.3 Å². The predicted molar refractivity (Wildman–Crippen MR) is 90.6 cm³/mol. The van der Waals surface area contributed by atoms with Crippen LogP contribution in [0.3, 0.4) is 0 Å². The van der Waals surface area contributed by atoms with Gasteiger partial charge < -0.3 is 4.74 Å². The van der Waals surface area contributed by atoms with Gasteiger partial charge in [-0.15, -0.1) is 0 Å². The molecule has 0 aliphatic carbocycles. The third-order valence-electron chi connectivity index (χ3n) is 3.75. The van der Waals surface area contributed by atoms with E-state index in [4.69, 9.17) is 10.00 Å². The molecule has 0 aliphatic rings. The number of alkyl halides is 3. The summed E-state index contributed by atoms with van der Waals surface area (Å²) in [5, 5.41) is 8.90. The molecular weight excluding hydrogens is 359 g/mol. The summed E-state index contributed by atoms with van der Waals surface area (Å²) in [7, 11) is 0. The first kappa shape index (κ1) is 18.3. The lowest BCUT2D eigenvalue weighted by Crippen LogP contribution is -2.11. The number of esters is 1. The van der Waals surface area contributed by atoms with E-state index < -0.39 is 17.7 Å². The van der Waals surface area contributed by atoms with Gasteiger partial charge in [-0.2, -0.15) is 18.4 Å². The number of nitrogens with zero attached hydrogens (tertiary/aromatic N) is 3. The van der Waals surface area contributed by atoms with Crippen molar-refractivity contribution < 1.29 is 22.7 Å². The Balaban J connectivity index is 2.23. The van der Waals surface area contributed by atoms with Gasteiger partial charge in [0.1, 0.15) is 5.69 Å². The Morgan fingerprint density at radius 3 is 2.41 bits per heavy atom. The van der Waals surface area contributed by atoms with E-state index in [9.17, 15) is 18.0 Å². The highest BCUT2D eigenvalue weighted by atomic mass is 19.4. The molecule has 2 aromatic carbocycles. The summed E-state index contributed by atoms with van der Waals surface area (Å²) in [6, 6.07) is 11.0. The van der Waals surface area contributed by atoms with Gasteiger partial charge in [0, 0.05) is 5.56 Å². The maximum Gasteiger partial charge on any atom is 0.416 e. The number of hydrogen-bond acceptors (Lipinski definition) is 5. The van der Waals surface area contributed by atoms with Crippen molar-refractivity contribution in [3.05, 3.63) is 59.3 Å². The summed E-state index contributed by atoms with van der Waals surface area (Å²) >= 11 is 0. The molecule has 5 nitrogen and oxygen atoms in total. The summed E-state index contributed by atoms with van der Waals surface area (Å²) < 4.78 is 43.9. The maximum atomic E-state index is 13.0. The van der Waals surface area contributed by atoms with Gasteiger partial charge in [-0.05, 0) is 37.3 Å². The summed E-state index contributed by atoms with van der Waals surface area (Å²) in [4.78, 5) is 20.7. The monoisotopic (exact) mass is 371 g/mol. The van der Waals surface area contributed by atoms with E-state index in [1.165, 1.54) is 12.1 Å². The average molecular weight is 371 g/mol. The predicted octanol–water partition coefficient (Wildman–Crippen LogP) is 4.36. The van der Waals surface area contributed by atoms with E-state index in [2.05, 4.69) is 9.97 Å². The lowest BCUT2D eigenvalue weighted by Gasteiger charge is -2.11. The Bertz CT molecular complexity index is 1050. The smallest absolute Gasteiger partial charge is 0.416 e. The van der Waals surface area contributed by atoms with Crippen molar-refractivity contribution in [3.63, 3.8) is 0 Å². The number of aromatic nitrogens is 2. The first-order valence-corrected chi connectivity index (χ1v) is 7.90. The number of rotatable bonds is 3. The fourth-order valence-electron chi connectivity index (χ4n) is 2.48. The van der Waals surface area contributed by atoms with E-state index in [0.717, 1.165) is 18.2 Å². The number of benzene rings is 2. The van der Waals surface area contributed by atoms with Crippen LogP contribution >= 0.6 is 0 Å². The van der Waals surface area contributed by atoms with Crippen LogP contribution in [0.2, 0.25) is 0 Å². The molecular formula is C19H12F3N3O2. The quantitative estimate of drug-likeness (QED) is 0.639. The molecule has 0 fully saturated rings. The standard InChI is InChI=1S/C19H12F3N3O2/c1-2-27-18(26)17-16(12-5-3-11(10-23)4-6-12)25-15-9-13(19(20,21)22)7-8-14(15)24-17/h3-9H,2H2,1H3. The molecule has 1 heterocycles. The number of nitriles is 1. The third kappa shape index (κ3) is 3.72. The summed E-state index contributed by atoms with van der Waals surface area (Å²) in [6.45, 7) is 1.74. The van der Waals surface area contributed by atoms with Crippen LogP contribution in [0.4, 0.5) is 13.2 Å². The highest BCUT2D eigenvalue weighted by Gasteiger charge is 2.31. The molecule has 0 radical (unpaired) electrons. The topological polar surface area (TPSA) is 75.9 Å². The average Bonchev–Trinajstić information content (AvgIpc) is 2.66. The highest BCUT2D eigenvalue weighted by Crippen LogP contribution is 2.32. The van der Waals surface area contributed by atoms with Gasteiger partial charge in [-0.1, -0.05) is 12.1 Å². The summed E-state index contributed by atoms with van der Waals surface area (Å²) in [5.74, 6) is -0.730. The molecule has 0 amide bonds. The molecule has 136 valence electrons. The SMILES string of the molecule is CCOC(=O)c1nc2ccc(C(F)(F)F)cc2nc1-c1ccc(C#N)cc1. The number of carbonyl (C=O) groups excluding carboxylic acids is 1. The minimum atomic E-state index is -4.52. The molecule has 0 bridgehead atoms. The second-order valence-corrected chi connectivity index (χ2v) is 5.53. The molecule has 0 atom stereocenters. The van der Waals surface area contributed by atoms with Crippen LogP contribution in [0.15, 0.2) is 42.5 Å². The van der Waals surface area contributed by atoms with Crippen molar-refractivity contribution in [1.29, 1.82) is 5.26 Å². The minimum absolute atomic E-state index is 0.00256. The molecule has 0 unspecified atom stereocenters. The fraction of sp³-hybridized carbons (Fsp3) is 0.158. The van der Waals surface area contributed by atoms with Gasteiger partial charge in [0.05, 0.1) is 34.8 Å². The molecule has 8 heteroatoms. The van der Waals surface area contributed by atoms with Crippen LogP contribution in [0.5, 0.6) is 0 Å². The van der Waals surface area contributed by atoms with Crippen molar-refractivity contribution in [2.45, 2.75) is 13.1 Å². The largest absolute Gasteiger partial charge is 0.461 e. The van der Waals surface area contributed by atoms with Crippen molar-refractivity contribution >= 4 is 17.0 Å². The van der Waals surface area contributed by atoms with Crippen molar-refractivity contribution in [2.75, 3.05) is 6.61 Å². The summed E-state index contributed by atoms with van der Waals surface area (Å²) in [6.07, 6.45) is -4.52. The Kier molecular flexibility index (Phi) is 4.77. The Labute approximate surface area is 152 Å². The van der Waals surface area contributed by atoms with Crippen molar-refractivity contribution in [2.24, 2.45) is 0 Å². The van der Waals surface area contributed by atoms with Gasteiger partial charge in [-0.3, -0.25) is 0 Å². The van der Waals surface area contributed by atoms with Crippen molar-refractivity contribution in [3.8, 4) is 17.3 Å². The lowest BCUT2D eigenvalue weighted by atomic mass is 10.1. The Hall–Kier alpha value is -3.47. The first-order chi connectivity index (χ1) is 12.8. The maximum absolute atomic E-state index is 13.0. The van der Waals surface area contributed by atoms with Crippen molar-refractivity contribution in [1.82, 2.24) is 9.97 Å². The van der Waals surface area contributed by atoms with Crippen LogP contribution in [-0.2, 0) is 10.9 Å². The number of fused-ring (bicyclic) bond motifs is 1. The lowest BCUT2D eigenvalue weighted by molar-refractivity contribution is -0.137. The minimum Gasteiger partial charge on any atom is -0.461 e.